The van der Waals surface area contributed by atoms with E-state index in [2.05, 4.69) is 5.32 Å². The van der Waals surface area contributed by atoms with Crippen LogP contribution in [0, 0.1) is 5.92 Å². The Morgan fingerprint density at radius 3 is 2.14 bits per heavy atom. The number of nitrogens with one attached hydrogen (secondary N) is 1. The van der Waals surface area contributed by atoms with Crippen LogP contribution < -0.4 is 5.32 Å². The van der Waals surface area contributed by atoms with Crippen molar-refractivity contribution < 1.29 is 9.59 Å². The highest BCUT2D eigenvalue weighted by atomic mass is 16.2. The monoisotopic (exact) mass is 301 g/mol. The maximum absolute atomic E-state index is 12.5. The van der Waals surface area contributed by atoms with Crippen LogP contribution in [-0.4, -0.2) is 11.7 Å². The molecule has 0 aromatic heterocycles. The molecule has 0 unspecified atom stereocenters. The molecule has 120 valence electrons. The summed E-state index contributed by atoms with van der Waals surface area (Å²) in [6, 6.07) is 9.41. The van der Waals surface area contributed by atoms with Gasteiger partial charge in [0.1, 0.15) is 5.78 Å². The number of para-hydroxylation sites is 1. The molecule has 1 fully saturated rings. The van der Waals surface area contributed by atoms with Crippen molar-refractivity contribution in [3.05, 3.63) is 30.3 Å². The summed E-state index contributed by atoms with van der Waals surface area (Å²) in [5.74, 6) is -0.484. The lowest BCUT2D eigenvalue weighted by atomic mass is 9.91. The maximum atomic E-state index is 12.5. The second kappa shape index (κ2) is 9.39. The smallest absolute Gasteiger partial charge is 0.234 e. The second-order valence-electron chi connectivity index (χ2n) is 6.24. The van der Waals surface area contributed by atoms with Gasteiger partial charge in [0, 0.05) is 12.1 Å². The van der Waals surface area contributed by atoms with Gasteiger partial charge in [-0.1, -0.05) is 63.1 Å². The molecule has 1 aliphatic rings. The third-order valence-corrected chi connectivity index (χ3v) is 4.41. The van der Waals surface area contributed by atoms with Crippen LogP contribution in [-0.2, 0) is 9.59 Å². The minimum Gasteiger partial charge on any atom is -0.325 e. The molecule has 0 heterocycles. The van der Waals surface area contributed by atoms with Gasteiger partial charge in [0.25, 0.3) is 0 Å². The molecule has 0 saturated heterocycles. The maximum Gasteiger partial charge on any atom is 0.234 e. The zero-order valence-electron chi connectivity index (χ0n) is 13.4. The summed E-state index contributed by atoms with van der Waals surface area (Å²) in [5, 5.41) is 2.89. The molecule has 2 rings (SSSR count). The van der Waals surface area contributed by atoms with Crippen LogP contribution in [0.5, 0.6) is 0 Å². The van der Waals surface area contributed by atoms with Gasteiger partial charge in [0.15, 0.2) is 0 Å². The Labute approximate surface area is 133 Å². The fraction of sp³-hybridized carbons (Fsp3) is 0.579. The predicted molar refractivity (Wildman–Crippen MR) is 89.7 cm³/mol. The lowest BCUT2D eigenvalue weighted by Gasteiger charge is -2.16. The van der Waals surface area contributed by atoms with E-state index in [1.54, 1.807) is 0 Å². The second-order valence-corrected chi connectivity index (χ2v) is 6.24. The van der Waals surface area contributed by atoms with Crippen molar-refractivity contribution in [3.63, 3.8) is 0 Å². The van der Waals surface area contributed by atoms with Gasteiger partial charge in [0.2, 0.25) is 5.91 Å². The van der Waals surface area contributed by atoms with Gasteiger partial charge in [-0.15, -0.1) is 0 Å². The first-order valence-electron chi connectivity index (χ1n) is 8.66. The first-order chi connectivity index (χ1) is 10.8. The molecule has 1 aromatic rings. The fourth-order valence-electron chi connectivity index (χ4n) is 3.07. The van der Waals surface area contributed by atoms with Crippen LogP contribution in [0.4, 0.5) is 5.69 Å². The van der Waals surface area contributed by atoms with Crippen LogP contribution >= 0.6 is 0 Å². The molecule has 1 atom stereocenters. The quantitative estimate of drug-likeness (QED) is 0.803. The van der Waals surface area contributed by atoms with E-state index >= 15 is 0 Å². The van der Waals surface area contributed by atoms with E-state index in [4.69, 9.17) is 0 Å². The fourth-order valence-corrected chi connectivity index (χ4v) is 3.07. The molecule has 0 radical (unpaired) electrons. The van der Waals surface area contributed by atoms with Crippen molar-refractivity contribution in [3.8, 4) is 0 Å². The molecule has 3 nitrogen and oxygen atoms in total. The number of carbonyl (C=O) groups excluding carboxylic acids is 2. The number of hydrogen-bond donors (Lipinski definition) is 1. The molecular formula is C19H27NO2. The number of anilines is 1. The Morgan fingerprint density at radius 1 is 0.864 bits per heavy atom. The van der Waals surface area contributed by atoms with Crippen LogP contribution in [0.1, 0.15) is 64.2 Å². The van der Waals surface area contributed by atoms with Gasteiger partial charge >= 0.3 is 0 Å². The van der Waals surface area contributed by atoms with Crippen molar-refractivity contribution in [1.29, 1.82) is 0 Å². The van der Waals surface area contributed by atoms with E-state index in [0.717, 1.165) is 31.4 Å². The summed E-state index contributed by atoms with van der Waals surface area (Å²) in [6.45, 7) is 0. The van der Waals surface area contributed by atoms with Crippen LogP contribution in [0.2, 0.25) is 0 Å². The van der Waals surface area contributed by atoms with Gasteiger partial charge in [-0.3, -0.25) is 9.59 Å². The third kappa shape index (κ3) is 5.63. The van der Waals surface area contributed by atoms with Crippen molar-refractivity contribution in [2.75, 3.05) is 5.32 Å². The largest absolute Gasteiger partial charge is 0.325 e. The number of rotatable bonds is 2. The van der Waals surface area contributed by atoms with Crippen molar-refractivity contribution in [2.24, 2.45) is 5.92 Å². The lowest BCUT2D eigenvalue weighted by Crippen LogP contribution is -2.29. The van der Waals surface area contributed by atoms with Crippen molar-refractivity contribution in [2.45, 2.75) is 64.2 Å². The lowest BCUT2D eigenvalue weighted by molar-refractivity contribution is -0.131. The first-order valence-corrected chi connectivity index (χ1v) is 8.66. The average Bonchev–Trinajstić information content (AvgIpc) is 2.51. The van der Waals surface area contributed by atoms with Crippen molar-refractivity contribution in [1.82, 2.24) is 0 Å². The highest BCUT2D eigenvalue weighted by Gasteiger charge is 2.25. The number of hydrogen-bond acceptors (Lipinski definition) is 2. The van der Waals surface area contributed by atoms with E-state index in [0.29, 0.717) is 12.8 Å². The molecule has 0 spiro atoms. The SMILES string of the molecule is O=C1CCCCCCCCCC[C@H]1C(=O)Nc1ccccc1. The summed E-state index contributed by atoms with van der Waals surface area (Å²) in [5.41, 5.74) is 0.770. The molecule has 1 N–H and O–H groups in total. The minimum atomic E-state index is -0.473. The zero-order valence-corrected chi connectivity index (χ0v) is 13.4. The molecule has 3 heteroatoms. The number of carbonyl (C=O) groups is 2. The molecular weight excluding hydrogens is 274 g/mol. The molecule has 1 aliphatic carbocycles. The van der Waals surface area contributed by atoms with Gasteiger partial charge in [-0.25, -0.2) is 0 Å². The van der Waals surface area contributed by atoms with Gasteiger partial charge in [0.05, 0.1) is 5.92 Å². The standard InChI is InChI=1S/C19H27NO2/c21-18-15-11-6-4-2-1-3-5-10-14-17(18)19(22)20-16-12-8-7-9-13-16/h7-9,12-13,17H,1-6,10-11,14-15H2,(H,20,22)/t17-/m1/s1. The normalized spacial score (nSPS) is 21.5. The first kappa shape index (κ1) is 16.7. The Bertz CT molecular complexity index is 470. The van der Waals surface area contributed by atoms with E-state index in [9.17, 15) is 9.59 Å². The average molecular weight is 301 g/mol. The van der Waals surface area contributed by atoms with E-state index < -0.39 is 5.92 Å². The summed E-state index contributed by atoms with van der Waals surface area (Å²) < 4.78 is 0. The molecule has 0 bridgehead atoms. The Hall–Kier alpha value is -1.64. The number of benzene rings is 1. The molecule has 22 heavy (non-hydrogen) atoms. The summed E-state index contributed by atoms with van der Waals surface area (Å²) in [7, 11) is 0. The Morgan fingerprint density at radius 2 is 1.45 bits per heavy atom. The minimum absolute atomic E-state index is 0.119. The molecule has 1 saturated carbocycles. The Balaban J connectivity index is 1.96. The zero-order chi connectivity index (χ0) is 15.6. The summed E-state index contributed by atoms with van der Waals surface area (Å²) in [6.07, 6.45) is 10.4. The number of amides is 1. The predicted octanol–water partition coefficient (Wildman–Crippen LogP) is 4.73. The van der Waals surface area contributed by atoms with E-state index in [1.807, 2.05) is 30.3 Å². The highest BCUT2D eigenvalue weighted by Crippen LogP contribution is 2.20. The van der Waals surface area contributed by atoms with Crippen LogP contribution in [0.15, 0.2) is 30.3 Å². The van der Waals surface area contributed by atoms with Gasteiger partial charge in [-0.2, -0.15) is 0 Å². The van der Waals surface area contributed by atoms with Crippen LogP contribution in [0.3, 0.4) is 0 Å². The van der Waals surface area contributed by atoms with Gasteiger partial charge < -0.3 is 5.32 Å². The third-order valence-electron chi connectivity index (χ3n) is 4.41. The molecule has 1 aromatic carbocycles. The highest BCUT2D eigenvalue weighted by molar-refractivity contribution is 6.07. The van der Waals surface area contributed by atoms with E-state index in [-0.39, 0.29) is 11.7 Å². The molecule has 1 amide bonds. The topological polar surface area (TPSA) is 46.2 Å². The van der Waals surface area contributed by atoms with Gasteiger partial charge in [-0.05, 0) is 25.0 Å². The number of ketones is 1. The van der Waals surface area contributed by atoms with Crippen molar-refractivity contribution >= 4 is 17.4 Å². The summed E-state index contributed by atoms with van der Waals surface area (Å²) >= 11 is 0. The Kier molecular flexibility index (Phi) is 7.14. The summed E-state index contributed by atoms with van der Waals surface area (Å²) in [4.78, 5) is 24.9. The van der Waals surface area contributed by atoms with Crippen LogP contribution in [0.25, 0.3) is 0 Å². The number of Topliss-reactive ketones (excluding diaryl/α,β-unsaturated/α-hetero) is 1. The molecule has 0 aliphatic heterocycles. The van der Waals surface area contributed by atoms with E-state index in [1.165, 1.54) is 25.7 Å².